The molecule has 0 saturated heterocycles. The Morgan fingerprint density at radius 2 is 1.75 bits per heavy atom. The van der Waals surface area contributed by atoms with Crippen LogP contribution in [0.15, 0.2) is 18.2 Å². The molecule has 0 radical (unpaired) electrons. The molecule has 0 unspecified atom stereocenters. The Balaban J connectivity index is 3.07. The fourth-order valence-corrected chi connectivity index (χ4v) is 1.16. The maximum absolute atomic E-state index is 13.1. The zero-order valence-corrected chi connectivity index (χ0v) is 8.95. The third-order valence-corrected chi connectivity index (χ3v) is 1.83. The number of hydrogen-bond donors (Lipinski definition) is 0. The van der Waals surface area contributed by atoms with Crippen LogP contribution < -0.4 is 0 Å². The van der Waals surface area contributed by atoms with E-state index in [0.29, 0.717) is 0 Å². The second-order valence-electron chi connectivity index (χ2n) is 2.94. The van der Waals surface area contributed by atoms with Crippen LogP contribution in [0.25, 0.3) is 0 Å². The van der Waals surface area contributed by atoms with Crippen molar-refractivity contribution in [3.8, 4) is 0 Å². The average Bonchev–Trinajstić information content (AvgIpc) is 2.27. The number of esters is 2. The Morgan fingerprint density at radius 1 is 1.19 bits per heavy atom. The summed E-state index contributed by atoms with van der Waals surface area (Å²) in [5, 5.41) is 0. The van der Waals surface area contributed by atoms with Crippen molar-refractivity contribution in [2.45, 2.75) is 6.92 Å². The van der Waals surface area contributed by atoms with Crippen molar-refractivity contribution in [3.63, 3.8) is 0 Å². The zero-order chi connectivity index (χ0) is 12.1. The van der Waals surface area contributed by atoms with Crippen LogP contribution in [-0.2, 0) is 9.47 Å². The molecule has 0 N–H and O–H groups in total. The Morgan fingerprint density at radius 3 is 2.25 bits per heavy atom. The largest absolute Gasteiger partial charge is 0.465 e. The van der Waals surface area contributed by atoms with Gasteiger partial charge in [0.1, 0.15) is 5.82 Å². The van der Waals surface area contributed by atoms with E-state index < -0.39 is 17.8 Å². The molecule has 0 heterocycles. The van der Waals surface area contributed by atoms with E-state index in [-0.39, 0.29) is 17.7 Å². The van der Waals surface area contributed by atoms with E-state index >= 15 is 0 Å². The topological polar surface area (TPSA) is 52.6 Å². The normalized spacial score (nSPS) is 9.69. The van der Waals surface area contributed by atoms with Crippen LogP contribution in [0.5, 0.6) is 0 Å². The van der Waals surface area contributed by atoms with Gasteiger partial charge >= 0.3 is 11.9 Å². The summed E-state index contributed by atoms with van der Waals surface area (Å²) >= 11 is 0. The van der Waals surface area contributed by atoms with Crippen LogP contribution >= 0.6 is 0 Å². The highest BCUT2D eigenvalue weighted by Gasteiger charge is 2.13. The second kappa shape index (κ2) is 5.25. The minimum Gasteiger partial charge on any atom is -0.465 e. The van der Waals surface area contributed by atoms with E-state index in [2.05, 4.69) is 4.74 Å². The van der Waals surface area contributed by atoms with Crippen molar-refractivity contribution >= 4 is 11.9 Å². The monoisotopic (exact) mass is 226 g/mol. The summed E-state index contributed by atoms with van der Waals surface area (Å²) in [7, 11) is 1.18. The van der Waals surface area contributed by atoms with Crippen LogP contribution in [0.1, 0.15) is 27.6 Å². The van der Waals surface area contributed by atoms with Crippen LogP contribution in [0.4, 0.5) is 4.39 Å². The zero-order valence-electron chi connectivity index (χ0n) is 8.95. The SMILES string of the molecule is CCOC(=O)c1cc(F)cc(C(=O)OC)c1. The lowest BCUT2D eigenvalue weighted by atomic mass is 10.1. The lowest BCUT2D eigenvalue weighted by Gasteiger charge is -2.04. The summed E-state index contributed by atoms with van der Waals surface area (Å²) < 4.78 is 22.2. The van der Waals surface area contributed by atoms with Crippen LogP contribution in [0.2, 0.25) is 0 Å². The molecule has 0 saturated carbocycles. The van der Waals surface area contributed by atoms with E-state index in [9.17, 15) is 14.0 Å². The third kappa shape index (κ3) is 2.79. The van der Waals surface area contributed by atoms with Gasteiger partial charge in [0.05, 0.1) is 24.8 Å². The first kappa shape index (κ1) is 12.2. The summed E-state index contributed by atoms with van der Waals surface area (Å²) in [6.07, 6.45) is 0. The number of hydrogen-bond acceptors (Lipinski definition) is 4. The molecule has 0 amide bonds. The maximum atomic E-state index is 13.1. The van der Waals surface area contributed by atoms with Crippen molar-refractivity contribution < 1.29 is 23.5 Å². The molecular formula is C11H11FO4. The summed E-state index contributed by atoms with van der Waals surface area (Å²) in [6, 6.07) is 3.23. The minimum atomic E-state index is -0.704. The lowest BCUT2D eigenvalue weighted by Crippen LogP contribution is -2.08. The van der Waals surface area contributed by atoms with Crippen molar-refractivity contribution in [2.24, 2.45) is 0 Å². The molecule has 0 aliphatic heterocycles. The van der Waals surface area contributed by atoms with Gasteiger partial charge in [0, 0.05) is 0 Å². The fraction of sp³-hybridized carbons (Fsp3) is 0.273. The molecule has 4 nitrogen and oxygen atoms in total. The van der Waals surface area contributed by atoms with Gasteiger partial charge in [-0.25, -0.2) is 14.0 Å². The summed E-state index contributed by atoms with van der Waals surface area (Å²) in [5.41, 5.74) is -0.0344. The van der Waals surface area contributed by atoms with Crippen LogP contribution in [0.3, 0.4) is 0 Å². The highest BCUT2D eigenvalue weighted by Crippen LogP contribution is 2.11. The highest BCUT2D eigenvalue weighted by molar-refractivity contribution is 5.95. The second-order valence-corrected chi connectivity index (χ2v) is 2.94. The van der Waals surface area contributed by atoms with Crippen molar-refractivity contribution in [1.29, 1.82) is 0 Å². The van der Waals surface area contributed by atoms with Crippen molar-refractivity contribution in [1.82, 2.24) is 0 Å². The standard InChI is InChI=1S/C11H11FO4/c1-3-16-11(14)8-4-7(10(13)15-2)5-9(12)6-8/h4-6H,3H2,1-2H3. The van der Waals surface area contributed by atoms with E-state index in [1.54, 1.807) is 6.92 Å². The quantitative estimate of drug-likeness (QED) is 0.737. The first-order valence-electron chi connectivity index (χ1n) is 4.64. The van der Waals surface area contributed by atoms with Crippen LogP contribution in [0, 0.1) is 5.82 Å². The van der Waals surface area contributed by atoms with Gasteiger partial charge in [0.2, 0.25) is 0 Å². The van der Waals surface area contributed by atoms with E-state index in [4.69, 9.17) is 4.74 Å². The van der Waals surface area contributed by atoms with E-state index in [0.717, 1.165) is 12.1 Å². The Labute approximate surface area is 92.0 Å². The molecule has 1 aromatic rings. The van der Waals surface area contributed by atoms with Gasteiger partial charge in [-0.1, -0.05) is 0 Å². The molecule has 5 heteroatoms. The summed E-state index contributed by atoms with van der Waals surface area (Å²) in [5.74, 6) is -2.07. The van der Waals surface area contributed by atoms with Gasteiger partial charge in [-0.05, 0) is 25.1 Å². The number of carbonyl (C=O) groups excluding carboxylic acids is 2. The van der Waals surface area contributed by atoms with Gasteiger partial charge in [-0.3, -0.25) is 0 Å². The summed E-state index contributed by atoms with van der Waals surface area (Å²) in [4.78, 5) is 22.5. The third-order valence-electron chi connectivity index (χ3n) is 1.83. The minimum absolute atomic E-state index is 0.0118. The van der Waals surface area contributed by atoms with Gasteiger partial charge in [0.25, 0.3) is 0 Å². The smallest absolute Gasteiger partial charge is 0.338 e. The first-order valence-corrected chi connectivity index (χ1v) is 4.64. The molecule has 0 aliphatic carbocycles. The van der Waals surface area contributed by atoms with E-state index in [1.165, 1.54) is 13.2 Å². The Kier molecular flexibility index (Phi) is 3.99. The van der Waals surface area contributed by atoms with Crippen molar-refractivity contribution in [2.75, 3.05) is 13.7 Å². The molecule has 0 bridgehead atoms. The first-order chi connectivity index (χ1) is 7.58. The molecule has 1 rings (SSSR count). The van der Waals surface area contributed by atoms with Gasteiger partial charge in [-0.2, -0.15) is 0 Å². The van der Waals surface area contributed by atoms with Gasteiger partial charge < -0.3 is 9.47 Å². The number of benzene rings is 1. The number of ether oxygens (including phenoxy) is 2. The molecule has 0 aliphatic rings. The molecule has 86 valence electrons. The van der Waals surface area contributed by atoms with Gasteiger partial charge in [-0.15, -0.1) is 0 Å². The summed E-state index contributed by atoms with van der Waals surface area (Å²) in [6.45, 7) is 1.82. The number of halogens is 1. The highest BCUT2D eigenvalue weighted by atomic mass is 19.1. The maximum Gasteiger partial charge on any atom is 0.338 e. The molecule has 0 aromatic heterocycles. The number of carbonyl (C=O) groups is 2. The lowest BCUT2D eigenvalue weighted by molar-refractivity contribution is 0.0525. The van der Waals surface area contributed by atoms with Gasteiger partial charge in [0.15, 0.2) is 0 Å². The molecule has 0 fully saturated rings. The fourth-order valence-electron chi connectivity index (χ4n) is 1.16. The molecule has 16 heavy (non-hydrogen) atoms. The van der Waals surface area contributed by atoms with Crippen molar-refractivity contribution in [3.05, 3.63) is 35.1 Å². The number of rotatable bonds is 3. The number of methoxy groups -OCH3 is 1. The molecular weight excluding hydrogens is 215 g/mol. The predicted molar refractivity (Wildman–Crippen MR) is 53.7 cm³/mol. The molecule has 0 spiro atoms. The predicted octanol–water partition coefficient (Wildman–Crippen LogP) is 1.79. The van der Waals surface area contributed by atoms with Crippen LogP contribution in [-0.4, -0.2) is 25.7 Å². The Hall–Kier alpha value is -1.91. The molecule has 1 aromatic carbocycles. The average molecular weight is 226 g/mol. The molecule has 0 atom stereocenters. The Bertz CT molecular complexity index is 414. The van der Waals surface area contributed by atoms with E-state index in [1.807, 2.05) is 0 Å².